The summed E-state index contributed by atoms with van der Waals surface area (Å²) in [7, 11) is 0. The predicted molar refractivity (Wildman–Crippen MR) is 72.6 cm³/mol. The van der Waals surface area contributed by atoms with E-state index < -0.39 is 6.26 Å². The zero-order chi connectivity index (χ0) is 12.9. The summed E-state index contributed by atoms with van der Waals surface area (Å²) >= 11 is 5.09. The van der Waals surface area contributed by atoms with E-state index in [1.165, 1.54) is 13.1 Å². The van der Waals surface area contributed by atoms with Gasteiger partial charge in [0.05, 0.1) is 6.21 Å². The number of ether oxygens (including phenoxy) is 1. The van der Waals surface area contributed by atoms with Crippen LogP contribution in [0.3, 0.4) is 0 Å². The maximum Gasteiger partial charge on any atom is 0.308 e. The number of rotatable bonds is 4. The highest BCUT2D eigenvalue weighted by atomic mass is 32.4. The van der Waals surface area contributed by atoms with Crippen LogP contribution in [0.2, 0.25) is 0 Å². The number of para-hydroxylation sites is 1. The Balaban J connectivity index is 2.83. The van der Waals surface area contributed by atoms with Crippen molar-refractivity contribution in [2.24, 2.45) is 5.16 Å². The highest BCUT2D eigenvalue weighted by molar-refractivity contribution is 8.11. The van der Waals surface area contributed by atoms with Crippen LogP contribution in [0, 0.1) is 0 Å². The van der Waals surface area contributed by atoms with Gasteiger partial charge in [-0.25, -0.2) is 0 Å². The summed E-state index contributed by atoms with van der Waals surface area (Å²) in [5.74, 6) is 0.0794. The maximum atomic E-state index is 10.9. The molecule has 0 saturated heterocycles. The van der Waals surface area contributed by atoms with Crippen molar-refractivity contribution in [2.45, 2.75) is 6.92 Å². The van der Waals surface area contributed by atoms with E-state index in [2.05, 4.69) is 5.16 Å². The molecule has 0 aliphatic carbocycles. The molecular formula is C11H14NO3PS. The number of hydrogen-bond acceptors (Lipinski definition) is 5. The van der Waals surface area contributed by atoms with E-state index in [-0.39, 0.29) is 5.97 Å². The van der Waals surface area contributed by atoms with Crippen LogP contribution in [0.15, 0.2) is 29.4 Å². The lowest BCUT2D eigenvalue weighted by molar-refractivity contribution is -0.131. The molecule has 0 amide bonds. The third-order valence-electron chi connectivity index (χ3n) is 1.61. The number of esters is 1. The minimum atomic E-state index is -1.82. The predicted octanol–water partition coefficient (Wildman–Crippen LogP) is 2.62. The minimum Gasteiger partial charge on any atom is -0.426 e. The van der Waals surface area contributed by atoms with Gasteiger partial charge in [-0.05, 0) is 12.1 Å². The van der Waals surface area contributed by atoms with E-state index in [0.29, 0.717) is 11.3 Å². The van der Waals surface area contributed by atoms with Gasteiger partial charge >= 0.3 is 5.97 Å². The molecule has 0 heterocycles. The molecule has 17 heavy (non-hydrogen) atoms. The van der Waals surface area contributed by atoms with E-state index >= 15 is 0 Å². The van der Waals surface area contributed by atoms with Crippen molar-refractivity contribution in [3.05, 3.63) is 29.8 Å². The Morgan fingerprint density at radius 2 is 2.06 bits per heavy atom. The average Bonchev–Trinajstić information content (AvgIpc) is 2.18. The third-order valence-corrected chi connectivity index (χ3v) is 2.30. The SMILES string of the molecule is CC(=O)Oc1ccccc1C=NOP(C)(C)=S. The van der Waals surface area contributed by atoms with Crippen molar-refractivity contribution in [3.63, 3.8) is 0 Å². The first-order valence-corrected chi connectivity index (χ1v) is 8.54. The molecule has 0 N–H and O–H groups in total. The average molecular weight is 271 g/mol. The number of carbonyl (C=O) groups is 1. The maximum absolute atomic E-state index is 10.9. The second kappa shape index (κ2) is 5.94. The number of benzene rings is 1. The standard InChI is InChI=1S/C11H14NO3PS/c1-9(13)14-11-7-5-4-6-10(11)8-12-15-16(2,3)17/h4-8H,1-3H3. The third kappa shape index (κ3) is 5.61. The van der Waals surface area contributed by atoms with Crippen molar-refractivity contribution in [1.82, 2.24) is 0 Å². The van der Waals surface area contributed by atoms with Crippen molar-refractivity contribution in [2.75, 3.05) is 13.3 Å². The zero-order valence-corrected chi connectivity index (χ0v) is 11.6. The summed E-state index contributed by atoms with van der Waals surface area (Å²) in [6.45, 7) is 5.01. The van der Waals surface area contributed by atoms with Gasteiger partial charge in [0.2, 0.25) is 0 Å². The molecular weight excluding hydrogens is 257 g/mol. The summed E-state index contributed by atoms with van der Waals surface area (Å²) in [6.07, 6.45) is -0.325. The van der Waals surface area contributed by atoms with Gasteiger partial charge in [-0.15, -0.1) is 0 Å². The fraction of sp³-hybridized carbons (Fsp3) is 0.273. The van der Waals surface area contributed by atoms with Crippen LogP contribution in [0.25, 0.3) is 0 Å². The largest absolute Gasteiger partial charge is 0.426 e. The summed E-state index contributed by atoms with van der Waals surface area (Å²) in [5, 5.41) is 3.81. The molecule has 1 rings (SSSR count). The van der Waals surface area contributed by atoms with Crippen LogP contribution in [-0.4, -0.2) is 25.5 Å². The smallest absolute Gasteiger partial charge is 0.308 e. The van der Waals surface area contributed by atoms with Gasteiger partial charge in [-0.2, -0.15) is 0 Å². The van der Waals surface area contributed by atoms with E-state index in [1.54, 1.807) is 18.2 Å². The van der Waals surface area contributed by atoms with Crippen molar-refractivity contribution < 1.29 is 14.2 Å². The molecule has 1 aromatic carbocycles. The first-order chi connectivity index (χ1) is 7.88. The Labute approximate surface area is 106 Å². The highest BCUT2D eigenvalue weighted by Gasteiger charge is 2.04. The van der Waals surface area contributed by atoms with Crippen LogP contribution >= 0.6 is 6.26 Å². The van der Waals surface area contributed by atoms with Crippen LogP contribution in [0.5, 0.6) is 5.75 Å². The Bertz CT molecular complexity index is 481. The Morgan fingerprint density at radius 1 is 1.41 bits per heavy atom. The minimum absolute atomic E-state index is 0.372. The lowest BCUT2D eigenvalue weighted by Crippen LogP contribution is -2.03. The molecule has 0 aromatic heterocycles. The molecule has 0 saturated carbocycles. The molecule has 0 bridgehead atoms. The van der Waals surface area contributed by atoms with Gasteiger partial charge in [0.15, 0.2) is 0 Å². The van der Waals surface area contributed by atoms with Gasteiger partial charge in [0, 0.05) is 25.8 Å². The molecule has 1 aromatic rings. The van der Waals surface area contributed by atoms with Gasteiger partial charge in [0.1, 0.15) is 12.0 Å². The quantitative estimate of drug-likeness (QED) is 0.278. The first kappa shape index (κ1) is 13.9. The molecule has 0 fully saturated rings. The molecule has 0 radical (unpaired) electrons. The number of carbonyl (C=O) groups excluding carboxylic acids is 1. The monoisotopic (exact) mass is 271 g/mol. The molecule has 0 aliphatic rings. The summed E-state index contributed by atoms with van der Waals surface area (Å²) in [6, 6.07) is 7.07. The lowest BCUT2D eigenvalue weighted by Gasteiger charge is -2.07. The van der Waals surface area contributed by atoms with E-state index in [0.717, 1.165) is 0 Å². The number of nitrogens with zero attached hydrogens (tertiary/aromatic N) is 1. The summed E-state index contributed by atoms with van der Waals surface area (Å²) < 4.78 is 10.2. The topological polar surface area (TPSA) is 47.9 Å². The zero-order valence-electron chi connectivity index (χ0n) is 9.91. The molecule has 0 unspecified atom stereocenters. The number of oxime groups is 1. The van der Waals surface area contributed by atoms with Crippen LogP contribution < -0.4 is 4.74 Å². The summed E-state index contributed by atoms with van der Waals surface area (Å²) in [5.41, 5.74) is 0.672. The van der Waals surface area contributed by atoms with Crippen LogP contribution in [-0.2, 0) is 21.2 Å². The second-order valence-electron chi connectivity index (χ2n) is 3.70. The molecule has 6 heteroatoms. The molecule has 0 aliphatic heterocycles. The number of hydrogen-bond donors (Lipinski definition) is 0. The van der Waals surface area contributed by atoms with Crippen molar-refractivity contribution >= 4 is 30.3 Å². The van der Waals surface area contributed by atoms with Gasteiger partial charge in [0.25, 0.3) is 0 Å². The molecule has 4 nitrogen and oxygen atoms in total. The van der Waals surface area contributed by atoms with Crippen LogP contribution in [0.4, 0.5) is 0 Å². The van der Waals surface area contributed by atoms with E-state index in [9.17, 15) is 4.79 Å². The highest BCUT2D eigenvalue weighted by Crippen LogP contribution is 2.37. The molecule has 0 spiro atoms. The Kier molecular flexibility index (Phi) is 4.85. The van der Waals surface area contributed by atoms with Gasteiger partial charge in [-0.1, -0.05) is 29.1 Å². The first-order valence-electron chi connectivity index (χ1n) is 4.93. The molecule has 0 atom stereocenters. The fourth-order valence-corrected chi connectivity index (χ4v) is 1.42. The van der Waals surface area contributed by atoms with Crippen LogP contribution in [0.1, 0.15) is 12.5 Å². The lowest BCUT2D eigenvalue weighted by atomic mass is 10.2. The fourth-order valence-electron chi connectivity index (χ4n) is 1.03. The van der Waals surface area contributed by atoms with Gasteiger partial charge < -0.3 is 9.36 Å². The van der Waals surface area contributed by atoms with E-state index in [4.69, 9.17) is 21.2 Å². The molecule has 92 valence electrons. The van der Waals surface area contributed by atoms with Gasteiger partial charge in [-0.3, -0.25) is 4.79 Å². The second-order valence-corrected chi connectivity index (χ2v) is 9.01. The van der Waals surface area contributed by atoms with Crippen molar-refractivity contribution in [3.8, 4) is 5.75 Å². The van der Waals surface area contributed by atoms with E-state index in [1.807, 2.05) is 19.4 Å². The van der Waals surface area contributed by atoms with Crippen molar-refractivity contribution in [1.29, 1.82) is 0 Å². The normalized spacial score (nSPS) is 11.5. The summed E-state index contributed by atoms with van der Waals surface area (Å²) in [4.78, 5) is 10.9. The Hall–Kier alpha value is -1.19. The Morgan fingerprint density at radius 3 is 2.65 bits per heavy atom.